The summed E-state index contributed by atoms with van der Waals surface area (Å²) in [6.45, 7) is 6.77. The Kier molecular flexibility index (Phi) is 4.90. The normalized spacial score (nSPS) is 10.8. The topological polar surface area (TPSA) is 64.4 Å². The molecule has 1 rings (SSSR count). The van der Waals surface area contributed by atoms with E-state index in [0.717, 1.165) is 5.56 Å². The van der Waals surface area contributed by atoms with Crippen LogP contribution in [0.5, 0.6) is 5.75 Å². The fraction of sp³-hybridized carbons (Fsp3) is 0.429. The summed E-state index contributed by atoms with van der Waals surface area (Å²) < 4.78 is 5.21. The molecule has 0 aromatic heterocycles. The summed E-state index contributed by atoms with van der Waals surface area (Å²) in [5.74, 6) is 2.50. The predicted molar refractivity (Wildman–Crippen MR) is 74.0 cm³/mol. The van der Waals surface area contributed by atoms with Gasteiger partial charge < -0.3 is 10.1 Å². The maximum atomic E-state index is 10.9. The fourth-order valence-electron chi connectivity index (χ4n) is 1.42. The van der Waals surface area contributed by atoms with Crippen molar-refractivity contribution in [1.29, 1.82) is 0 Å². The first-order valence-corrected chi connectivity index (χ1v) is 5.92. The lowest BCUT2D eigenvalue weighted by atomic mass is 10.1. The van der Waals surface area contributed by atoms with E-state index in [9.17, 15) is 10.1 Å². The second-order valence-corrected chi connectivity index (χ2v) is 5.16. The van der Waals surface area contributed by atoms with Crippen LogP contribution in [0.25, 0.3) is 0 Å². The number of rotatable bonds is 5. The lowest BCUT2D eigenvalue weighted by Gasteiger charge is -2.20. The highest BCUT2D eigenvalue weighted by molar-refractivity contribution is 5.48. The molecule has 0 radical (unpaired) electrons. The first-order valence-electron chi connectivity index (χ1n) is 5.92. The SMILES string of the molecule is C#CCOc1cc(CNC(C)(C)C)ccc1[N+](=O)[O-]. The number of hydrogen-bond donors (Lipinski definition) is 1. The molecule has 5 nitrogen and oxygen atoms in total. The van der Waals surface area contributed by atoms with Gasteiger partial charge in [0, 0.05) is 18.2 Å². The molecule has 102 valence electrons. The Labute approximate surface area is 113 Å². The molecule has 0 aliphatic carbocycles. The Hall–Kier alpha value is -2.06. The molecule has 0 aliphatic rings. The minimum Gasteiger partial charge on any atom is -0.474 e. The van der Waals surface area contributed by atoms with E-state index in [2.05, 4.69) is 11.2 Å². The van der Waals surface area contributed by atoms with E-state index < -0.39 is 4.92 Å². The summed E-state index contributed by atoms with van der Waals surface area (Å²) >= 11 is 0. The maximum absolute atomic E-state index is 10.9. The molecule has 1 aromatic carbocycles. The van der Waals surface area contributed by atoms with Gasteiger partial charge in [0.15, 0.2) is 5.75 Å². The van der Waals surface area contributed by atoms with E-state index in [1.165, 1.54) is 6.07 Å². The van der Waals surface area contributed by atoms with Crippen LogP contribution >= 0.6 is 0 Å². The summed E-state index contributed by atoms with van der Waals surface area (Å²) in [6, 6.07) is 4.79. The first kappa shape index (κ1) is 15.0. The molecule has 0 saturated heterocycles. The Morgan fingerprint density at radius 3 is 2.68 bits per heavy atom. The van der Waals surface area contributed by atoms with Crippen LogP contribution in [0.4, 0.5) is 5.69 Å². The summed E-state index contributed by atoms with van der Waals surface area (Å²) in [4.78, 5) is 10.4. The van der Waals surface area contributed by atoms with Crippen molar-refractivity contribution in [3.05, 3.63) is 33.9 Å². The summed E-state index contributed by atoms with van der Waals surface area (Å²) in [5.41, 5.74) is 0.809. The highest BCUT2D eigenvalue weighted by atomic mass is 16.6. The molecule has 0 aliphatic heterocycles. The molecule has 1 N–H and O–H groups in total. The van der Waals surface area contributed by atoms with Crippen LogP contribution in [0.2, 0.25) is 0 Å². The molecule has 1 aromatic rings. The smallest absolute Gasteiger partial charge is 0.310 e. The molecule has 0 bridgehead atoms. The fourth-order valence-corrected chi connectivity index (χ4v) is 1.42. The van der Waals surface area contributed by atoms with E-state index in [-0.39, 0.29) is 23.6 Å². The molecular formula is C14H18N2O3. The van der Waals surface area contributed by atoms with Crippen molar-refractivity contribution in [3.8, 4) is 18.1 Å². The number of nitro benzene ring substituents is 1. The van der Waals surface area contributed by atoms with Crippen molar-refractivity contribution >= 4 is 5.69 Å². The predicted octanol–water partition coefficient (Wildman–Crippen LogP) is 2.49. The van der Waals surface area contributed by atoms with Crippen molar-refractivity contribution < 1.29 is 9.66 Å². The summed E-state index contributed by atoms with van der Waals surface area (Å²) in [5, 5.41) is 14.2. The number of nitro groups is 1. The second-order valence-electron chi connectivity index (χ2n) is 5.16. The van der Waals surface area contributed by atoms with Crippen LogP contribution in [0.15, 0.2) is 18.2 Å². The minimum absolute atomic E-state index is 0.0109. The van der Waals surface area contributed by atoms with Crippen LogP contribution < -0.4 is 10.1 Å². The van der Waals surface area contributed by atoms with Gasteiger partial charge in [-0.2, -0.15) is 0 Å². The number of nitrogens with zero attached hydrogens (tertiary/aromatic N) is 1. The molecular weight excluding hydrogens is 244 g/mol. The van der Waals surface area contributed by atoms with Crippen molar-refractivity contribution in [3.63, 3.8) is 0 Å². The van der Waals surface area contributed by atoms with Crippen LogP contribution in [0.1, 0.15) is 26.3 Å². The monoisotopic (exact) mass is 262 g/mol. The molecule has 0 unspecified atom stereocenters. The standard InChI is InChI=1S/C14H18N2O3/c1-5-8-19-13-9-11(10-15-14(2,3)4)6-7-12(13)16(17)18/h1,6-7,9,15H,8,10H2,2-4H3. The quantitative estimate of drug-likeness (QED) is 0.503. The molecule has 0 spiro atoms. The highest BCUT2D eigenvalue weighted by Crippen LogP contribution is 2.28. The molecule has 0 heterocycles. The average molecular weight is 262 g/mol. The van der Waals surface area contributed by atoms with Crippen LogP contribution in [-0.2, 0) is 6.54 Å². The van der Waals surface area contributed by atoms with Gasteiger partial charge in [0.25, 0.3) is 0 Å². The van der Waals surface area contributed by atoms with Crippen molar-refractivity contribution in [2.75, 3.05) is 6.61 Å². The van der Waals surface area contributed by atoms with Gasteiger partial charge in [0.05, 0.1) is 4.92 Å². The molecule has 0 amide bonds. The average Bonchev–Trinajstić information content (AvgIpc) is 2.32. The third-order valence-electron chi connectivity index (χ3n) is 2.35. The minimum atomic E-state index is -0.479. The van der Waals surface area contributed by atoms with Gasteiger partial charge in [-0.15, -0.1) is 6.42 Å². The summed E-state index contributed by atoms with van der Waals surface area (Å²) in [6.07, 6.45) is 5.10. The number of benzene rings is 1. The molecule has 0 fully saturated rings. The third-order valence-corrected chi connectivity index (χ3v) is 2.35. The van der Waals surface area contributed by atoms with Gasteiger partial charge in [-0.3, -0.25) is 10.1 Å². The highest BCUT2D eigenvalue weighted by Gasteiger charge is 2.16. The number of hydrogen-bond acceptors (Lipinski definition) is 4. The van der Waals surface area contributed by atoms with Crippen molar-refractivity contribution in [1.82, 2.24) is 5.32 Å². The van der Waals surface area contributed by atoms with Gasteiger partial charge in [-0.25, -0.2) is 0 Å². The zero-order chi connectivity index (χ0) is 14.5. The van der Waals surface area contributed by atoms with Crippen LogP contribution in [0, 0.1) is 22.5 Å². The largest absolute Gasteiger partial charge is 0.474 e. The second kappa shape index (κ2) is 6.21. The molecule has 19 heavy (non-hydrogen) atoms. The Morgan fingerprint density at radius 1 is 1.47 bits per heavy atom. The molecule has 0 atom stereocenters. The Balaban J connectivity index is 2.91. The molecule has 0 saturated carbocycles. The lowest BCUT2D eigenvalue weighted by molar-refractivity contribution is -0.385. The van der Waals surface area contributed by atoms with E-state index in [0.29, 0.717) is 6.54 Å². The van der Waals surface area contributed by atoms with Crippen LogP contribution in [0.3, 0.4) is 0 Å². The van der Waals surface area contributed by atoms with Crippen molar-refractivity contribution in [2.24, 2.45) is 0 Å². The summed E-state index contributed by atoms with van der Waals surface area (Å²) in [7, 11) is 0. The van der Waals surface area contributed by atoms with Gasteiger partial charge in [-0.1, -0.05) is 12.0 Å². The zero-order valence-corrected chi connectivity index (χ0v) is 11.4. The third kappa shape index (κ3) is 4.98. The maximum Gasteiger partial charge on any atom is 0.310 e. The molecule has 5 heteroatoms. The Bertz CT molecular complexity index is 498. The van der Waals surface area contributed by atoms with Crippen molar-refractivity contribution in [2.45, 2.75) is 32.9 Å². The number of nitrogens with one attached hydrogen (secondary N) is 1. The van der Waals surface area contributed by atoms with Gasteiger partial charge in [-0.05, 0) is 32.4 Å². The van der Waals surface area contributed by atoms with Gasteiger partial charge in [0.2, 0.25) is 0 Å². The number of terminal acetylenes is 1. The van der Waals surface area contributed by atoms with E-state index in [4.69, 9.17) is 11.2 Å². The Morgan fingerprint density at radius 2 is 2.16 bits per heavy atom. The zero-order valence-electron chi connectivity index (χ0n) is 11.4. The van der Waals surface area contributed by atoms with E-state index >= 15 is 0 Å². The first-order chi connectivity index (χ1) is 8.83. The van der Waals surface area contributed by atoms with E-state index in [1.807, 2.05) is 20.8 Å². The number of ether oxygens (including phenoxy) is 1. The van der Waals surface area contributed by atoms with Gasteiger partial charge in [0.1, 0.15) is 6.61 Å². The van der Waals surface area contributed by atoms with Gasteiger partial charge >= 0.3 is 5.69 Å². The van der Waals surface area contributed by atoms with Crippen LogP contribution in [-0.4, -0.2) is 17.1 Å². The lowest BCUT2D eigenvalue weighted by Crippen LogP contribution is -2.35. The van der Waals surface area contributed by atoms with E-state index in [1.54, 1.807) is 12.1 Å².